The summed E-state index contributed by atoms with van der Waals surface area (Å²) >= 11 is 0. The van der Waals surface area contributed by atoms with Crippen LogP contribution in [-0.2, 0) is 0 Å². The number of benzene rings is 1. The molecule has 1 atom stereocenters. The third-order valence-corrected chi connectivity index (χ3v) is 4.90. The van der Waals surface area contributed by atoms with Crippen molar-refractivity contribution in [1.29, 1.82) is 0 Å². The van der Waals surface area contributed by atoms with Crippen molar-refractivity contribution >= 4 is 0 Å². The quantitative estimate of drug-likeness (QED) is 0.523. The van der Waals surface area contributed by atoms with Crippen LogP contribution in [0.15, 0.2) is 24.3 Å². The van der Waals surface area contributed by atoms with E-state index in [-0.39, 0.29) is 0 Å². The van der Waals surface area contributed by atoms with Crippen molar-refractivity contribution in [2.75, 3.05) is 6.54 Å². The van der Waals surface area contributed by atoms with E-state index in [1.807, 2.05) is 0 Å². The molecule has 0 heterocycles. The first-order valence-corrected chi connectivity index (χ1v) is 9.18. The summed E-state index contributed by atoms with van der Waals surface area (Å²) in [5.74, 6) is 0.852. The first-order chi connectivity index (χ1) is 10.3. The number of rotatable bonds is 10. The Morgan fingerprint density at radius 3 is 2.33 bits per heavy atom. The lowest BCUT2D eigenvalue weighted by Gasteiger charge is -2.26. The van der Waals surface area contributed by atoms with Crippen LogP contribution >= 0.6 is 0 Å². The minimum Gasteiger partial charge on any atom is -0.310 e. The topological polar surface area (TPSA) is 12.0 Å². The Morgan fingerprint density at radius 1 is 1.00 bits per heavy atom. The van der Waals surface area contributed by atoms with Gasteiger partial charge in [0.2, 0.25) is 0 Å². The van der Waals surface area contributed by atoms with Crippen molar-refractivity contribution in [3.05, 3.63) is 35.4 Å². The maximum Gasteiger partial charge on any atom is 0.0320 e. The predicted molar refractivity (Wildman–Crippen MR) is 92.8 cm³/mol. The van der Waals surface area contributed by atoms with Crippen molar-refractivity contribution in [2.45, 2.75) is 83.6 Å². The normalized spacial score (nSPS) is 16.7. The summed E-state index contributed by atoms with van der Waals surface area (Å²) in [4.78, 5) is 0. The number of nitrogens with one attached hydrogen (secondary N) is 1. The highest BCUT2D eigenvalue weighted by molar-refractivity contribution is 5.28. The summed E-state index contributed by atoms with van der Waals surface area (Å²) in [6.45, 7) is 5.66. The van der Waals surface area contributed by atoms with Gasteiger partial charge in [-0.05, 0) is 49.3 Å². The highest BCUT2D eigenvalue weighted by Gasteiger charge is 2.19. The van der Waals surface area contributed by atoms with Crippen molar-refractivity contribution in [3.63, 3.8) is 0 Å². The summed E-state index contributed by atoms with van der Waals surface area (Å²) in [7, 11) is 0. The van der Waals surface area contributed by atoms with Crippen molar-refractivity contribution in [1.82, 2.24) is 5.32 Å². The van der Waals surface area contributed by atoms with Crippen LogP contribution in [0.2, 0.25) is 0 Å². The van der Waals surface area contributed by atoms with E-state index in [0.29, 0.717) is 6.04 Å². The minimum absolute atomic E-state index is 0.553. The van der Waals surface area contributed by atoms with Gasteiger partial charge in [-0.2, -0.15) is 0 Å². The lowest BCUT2D eigenvalue weighted by molar-refractivity contribution is 0.419. The summed E-state index contributed by atoms with van der Waals surface area (Å²) in [5, 5.41) is 3.74. The highest BCUT2D eigenvalue weighted by Crippen LogP contribution is 2.36. The number of hydrogen-bond donors (Lipinski definition) is 1. The molecule has 0 aliphatic heterocycles. The fourth-order valence-electron chi connectivity index (χ4n) is 3.22. The predicted octanol–water partition coefficient (Wildman–Crippen LogP) is 5.97. The molecule has 0 saturated heterocycles. The molecule has 1 unspecified atom stereocenters. The van der Waals surface area contributed by atoms with Crippen LogP contribution in [0, 0.1) is 0 Å². The SMILES string of the molecule is CCCCCCC(NCCC)c1ccc(C2CCC2)cc1. The molecule has 1 aromatic rings. The second-order valence-corrected chi connectivity index (χ2v) is 6.65. The van der Waals surface area contributed by atoms with E-state index in [4.69, 9.17) is 0 Å². The Labute approximate surface area is 131 Å². The van der Waals surface area contributed by atoms with E-state index in [9.17, 15) is 0 Å². The fourth-order valence-corrected chi connectivity index (χ4v) is 3.22. The molecule has 0 bridgehead atoms. The Morgan fingerprint density at radius 2 is 1.76 bits per heavy atom. The summed E-state index contributed by atoms with van der Waals surface area (Å²) in [6, 6.07) is 10.1. The first-order valence-electron chi connectivity index (χ1n) is 9.18. The molecule has 118 valence electrons. The molecule has 0 amide bonds. The van der Waals surface area contributed by atoms with Gasteiger partial charge in [0.15, 0.2) is 0 Å². The molecular formula is C20H33N. The van der Waals surface area contributed by atoms with Gasteiger partial charge < -0.3 is 5.32 Å². The van der Waals surface area contributed by atoms with Crippen LogP contribution < -0.4 is 5.32 Å². The van der Waals surface area contributed by atoms with Gasteiger partial charge in [-0.25, -0.2) is 0 Å². The van der Waals surface area contributed by atoms with E-state index in [1.165, 1.54) is 63.4 Å². The Balaban J connectivity index is 1.90. The molecule has 2 rings (SSSR count). The van der Waals surface area contributed by atoms with Gasteiger partial charge in [0.25, 0.3) is 0 Å². The van der Waals surface area contributed by atoms with Crippen LogP contribution in [-0.4, -0.2) is 6.54 Å². The van der Waals surface area contributed by atoms with E-state index in [1.54, 1.807) is 5.56 Å². The van der Waals surface area contributed by atoms with Gasteiger partial charge in [-0.15, -0.1) is 0 Å². The number of hydrogen-bond acceptors (Lipinski definition) is 1. The van der Waals surface area contributed by atoms with Crippen LogP contribution in [0.25, 0.3) is 0 Å². The molecule has 1 heteroatoms. The molecule has 1 aromatic carbocycles. The molecule has 1 aliphatic carbocycles. The standard InChI is InChI=1S/C20H33N/c1-3-5-6-7-11-20(21-16-4-2)19-14-12-18(13-15-19)17-9-8-10-17/h12-15,17,20-21H,3-11,16H2,1-2H3. The largest absolute Gasteiger partial charge is 0.310 e. The minimum atomic E-state index is 0.553. The van der Waals surface area contributed by atoms with Gasteiger partial charge in [-0.3, -0.25) is 0 Å². The van der Waals surface area contributed by atoms with E-state index in [0.717, 1.165) is 12.5 Å². The maximum absolute atomic E-state index is 3.74. The molecule has 1 aliphatic rings. The average Bonchev–Trinajstić information content (AvgIpc) is 2.46. The molecular weight excluding hydrogens is 254 g/mol. The van der Waals surface area contributed by atoms with Gasteiger partial charge in [-0.1, -0.05) is 70.2 Å². The smallest absolute Gasteiger partial charge is 0.0320 e. The number of unbranched alkanes of at least 4 members (excludes halogenated alkanes) is 3. The van der Waals surface area contributed by atoms with Gasteiger partial charge >= 0.3 is 0 Å². The first kappa shape index (κ1) is 16.5. The third-order valence-electron chi connectivity index (χ3n) is 4.90. The average molecular weight is 287 g/mol. The molecule has 1 saturated carbocycles. The van der Waals surface area contributed by atoms with Crippen LogP contribution in [0.4, 0.5) is 0 Å². The summed E-state index contributed by atoms with van der Waals surface area (Å²) < 4.78 is 0. The van der Waals surface area contributed by atoms with E-state index < -0.39 is 0 Å². The van der Waals surface area contributed by atoms with Crippen molar-refractivity contribution in [2.24, 2.45) is 0 Å². The molecule has 1 fully saturated rings. The zero-order valence-corrected chi connectivity index (χ0v) is 14.0. The lowest BCUT2D eigenvalue weighted by atomic mass is 9.79. The summed E-state index contributed by atoms with van der Waals surface area (Å²) in [6.07, 6.45) is 12.1. The Bertz CT molecular complexity index is 377. The zero-order chi connectivity index (χ0) is 14.9. The molecule has 21 heavy (non-hydrogen) atoms. The van der Waals surface area contributed by atoms with Crippen LogP contribution in [0.3, 0.4) is 0 Å². The Hall–Kier alpha value is -0.820. The molecule has 0 radical (unpaired) electrons. The third kappa shape index (κ3) is 5.14. The fraction of sp³-hybridized carbons (Fsp3) is 0.700. The highest BCUT2D eigenvalue weighted by atomic mass is 14.9. The molecule has 1 nitrogen and oxygen atoms in total. The van der Waals surface area contributed by atoms with E-state index in [2.05, 4.69) is 43.4 Å². The Kier molecular flexibility index (Phi) is 7.29. The molecule has 1 N–H and O–H groups in total. The van der Waals surface area contributed by atoms with E-state index >= 15 is 0 Å². The van der Waals surface area contributed by atoms with Crippen molar-refractivity contribution in [3.8, 4) is 0 Å². The molecule has 0 spiro atoms. The second-order valence-electron chi connectivity index (χ2n) is 6.65. The van der Waals surface area contributed by atoms with Crippen LogP contribution in [0.1, 0.15) is 94.7 Å². The monoisotopic (exact) mass is 287 g/mol. The summed E-state index contributed by atoms with van der Waals surface area (Å²) in [5.41, 5.74) is 3.05. The zero-order valence-electron chi connectivity index (χ0n) is 14.0. The maximum atomic E-state index is 3.74. The lowest BCUT2D eigenvalue weighted by Crippen LogP contribution is -2.22. The second kappa shape index (κ2) is 9.25. The van der Waals surface area contributed by atoms with Gasteiger partial charge in [0.05, 0.1) is 0 Å². The van der Waals surface area contributed by atoms with Crippen LogP contribution in [0.5, 0.6) is 0 Å². The molecule has 0 aromatic heterocycles. The van der Waals surface area contributed by atoms with Crippen molar-refractivity contribution < 1.29 is 0 Å². The van der Waals surface area contributed by atoms with Gasteiger partial charge in [0, 0.05) is 6.04 Å². The van der Waals surface area contributed by atoms with Gasteiger partial charge in [0.1, 0.15) is 0 Å².